The van der Waals surface area contributed by atoms with Gasteiger partial charge in [0.1, 0.15) is 5.82 Å². The van der Waals surface area contributed by atoms with E-state index in [1.165, 1.54) is 24.6 Å². The number of benzene rings is 2. The van der Waals surface area contributed by atoms with Gasteiger partial charge in [0.15, 0.2) is 0 Å². The summed E-state index contributed by atoms with van der Waals surface area (Å²) in [6, 6.07) is 11.6. The molecule has 1 saturated carbocycles. The first kappa shape index (κ1) is 12.9. The molecule has 0 unspecified atom stereocenters. The zero-order valence-electron chi connectivity index (χ0n) is 11.0. The number of rotatable bonds is 3. The molecule has 0 spiro atoms. The maximum absolute atomic E-state index is 13.5. The highest BCUT2D eigenvalue weighted by Gasteiger charge is 2.24. The Hall–Kier alpha value is -2.16. The Labute approximate surface area is 116 Å². The molecule has 0 amide bonds. The number of aromatic carboxylic acids is 1. The summed E-state index contributed by atoms with van der Waals surface area (Å²) in [7, 11) is 0. The monoisotopic (exact) mass is 270 g/mol. The Morgan fingerprint density at radius 3 is 2.50 bits per heavy atom. The fourth-order valence-electron chi connectivity index (χ4n) is 2.74. The lowest BCUT2D eigenvalue weighted by Gasteiger charge is -2.28. The van der Waals surface area contributed by atoms with E-state index in [0.717, 1.165) is 24.0 Å². The minimum atomic E-state index is -1.02. The summed E-state index contributed by atoms with van der Waals surface area (Å²) >= 11 is 0. The van der Waals surface area contributed by atoms with Crippen LogP contribution in [0, 0.1) is 5.82 Å². The molecular weight excluding hydrogens is 255 g/mol. The smallest absolute Gasteiger partial charge is 0.336 e. The first-order valence-corrected chi connectivity index (χ1v) is 6.79. The van der Waals surface area contributed by atoms with Gasteiger partial charge in [0, 0.05) is 0 Å². The van der Waals surface area contributed by atoms with E-state index < -0.39 is 11.8 Å². The van der Waals surface area contributed by atoms with Crippen LogP contribution in [0.25, 0.3) is 11.1 Å². The summed E-state index contributed by atoms with van der Waals surface area (Å²) in [4.78, 5) is 11.3. The fraction of sp³-hybridized carbons (Fsp3) is 0.235. The second kappa shape index (κ2) is 5.08. The topological polar surface area (TPSA) is 37.3 Å². The molecule has 0 atom stereocenters. The number of hydrogen-bond acceptors (Lipinski definition) is 1. The lowest BCUT2D eigenvalue weighted by Crippen LogP contribution is -2.11. The van der Waals surface area contributed by atoms with Crippen LogP contribution < -0.4 is 0 Å². The highest BCUT2D eigenvalue weighted by molar-refractivity contribution is 5.96. The molecule has 2 aromatic carbocycles. The Kier molecular flexibility index (Phi) is 3.26. The average molecular weight is 270 g/mol. The van der Waals surface area contributed by atoms with Gasteiger partial charge < -0.3 is 5.11 Å². The molecule has 20 heavy (non-hydrogen) atoms. The molecule has 2 aromatic rings. The molecule has 3 rings (SSSR count). The van der Waals surface area contributed by atoms with Gasteiger partial charge in [-0.3, -0.25) is 0 Å². The highest BCUT2D eigenvalue weighted by atomic mass is 19.1. The van der Waals surface area contributed by atoms with Crippen LogP contribution in [0.1, 0.15) is 41.1 Å². The van der Waals surface area contributed by atoms with E-state index in [0.29, 0.717) is 11.5 Å². The van der Waals surface area contributed by atoms with E-state index in [1.807, 2.05) is 24.3 Å². The number of hydrogen-bond donors (Lipinski definition) is 1. The molecule has 0 aliphatic heterocycles. The van der Waals surface area contributed by atoms with E-state index in [4.69, 9.17) is 0 Å². The molecule has 1 aliphatic rings. The van der Waals surface area contributed by atoms with Crippen molar-refractivity contribution in [1.29, 1.82) is 0 Å². The van der Waals surface area contributed by atoms with Crippen LogP contribution in [-0.2, 0) is 0 Å². The summed E-state index contributed by atoms with van der Waals surface area (Å²) in [6.45, 7) is 0. The Balaban J connectivity index is 2.18. The molecule has 2 nitrogen and oxygen atoms in total. The molecule has 0 saturated heterocycles. The van der Waals surface area contributed by atoms with E-state index in [9.17, 15) is 14.3 Å². The number of carboxylic acid groups (broad SMARTS) is 1. The minimum Gasteiger partial charge on any atom is -0.478 e. The van der Waals surface area contributed by atoms with Crippen molar-refractivity contribution in [3.8, 4) is 11.1 Å². The van der Waals surface area contributed by atoms with Crippen molar-refractivity contribution < 1.29 is 14.3 Å². The molecule has 1 fully saturated rings. The third-order valence-corrected chi connectivity index (χ3v) is 4.01. The van der Waals surface area contributed by atoms with E-state index in [-0.39, 0.29) is 5.56 Å². The third-order valence-electron chi connectivity index (χ3n) is 4.01. The maximum atomic E-state index is 13.5. The van der Waals surface area contributed by atoms with E-state index in [2.05, 4.69) is 0 Å². The molecule has 3 heteroatoms. The van der Waals surface area contributed by atoms with E-state index in [1.54, 1.807) is 0 Å². The lowest BCUT2D eigenvalue weighted by atomic mass is 9.77. The Morgan fingerprint density at radius 2 is 1.85 bits per heavy atom. The quantitative estimate of drug-likeness (QED) is 0.894. The molecule has 1 aliphatic carbocycles. The van der Waals surface area contributed by atoms with Crippen LogP contribution in [0.15, 0.2) is 42.5 Å². The van der Waals surface area contributed by atoms with Crippen LogP contribution in [0.2, 0.25) is 0 Å². The summed E-state index contributed by atoms with van der Waals surface area (Å²) in [5.41, 5.74) is 2.60. The Bertz CT molecular complexity index is 660. The minimum absolute atomic E-state index is 0.151. The van der Waals surface area contributed by atoms with Gasteiger partial charge in [-0.15, -0.1) is 0 Å². The number of carboxylic acids is 1. The largest absolute Gasteiger partial charge is 0.478 e. The van der Waals surface area contributed by atoms with E-state index >= 15 is 0 Å². The van der Waals surface area contributed by atoms with Gasteiger partial charge in [0.2, 0.25) is 0 Å². The molecule has 0 aromatic heterocycles. The van der Waals surface area contributed by atoms with Crippen molar-refractivity contribution in [2.75, 3.05) is 0 Å². The van der Waals surface area contributed by atoms with Gasteiger partial charge in [-0.05, 0) is 53.6 Å². The SMILES string of the molecule is O=C(O)c1ccc(F)cc1-c1ccccc1C1CCC1. The summed E-state index contributed by atoms with van der Waals surface area (Å²) in [5, 5.41) is 9.30. The van der Waals surface area contributed by atoms with Gasteiger partial charge in [0.05, 0.1) is 5.56 Å². The lowest BCUT2D eigenvalue weighted by molar-refractivity contribution is 0.0697. The second-order valence-electron chi connectivity index (χ2n) is 5.21. The van der Waals surface area contributed by atoms with Gasteiger partial charge >= 0.3 is 5.97 Å². The highest BCUT2D eigenvalue weighted by Crippen LogP contribution is 2.41. The number of halogens is 1. The maximum Gasteiger partial charge on any atom is 0.336 e. The first-order chi connectivity index (χ1) is 9.66. The summed E-state index contributed by atoms with van der Waals surface area (Å²) < 4.78 is 13.5. The molecular formula is C17H15FO2. The van der Waals surface area contributed by atoms with Crippen molar-refractivity contribution in [3.05, 3.63) is 59.4 Å². The van der Waals surface area contributed by atoms with Gasteiger partial charge in [-0.2, -0.15) is 0 Å². The van der Waals surface area contributed by atoms with Crippen LogP contribution in [0.5, 0.6) is 0 Å². The van der Waals surface area contributed by atoms with Crippen LogP contribution in [0.3, 0.4) is 0 Å². The summed E-state index contributed by atoms with van der Waals surface area (Å²) in [6.07, 6.45) is 3.44. The van der Waals surface area contributed by atoms with Gasteiger partial charge in [-0.1, -0.05) is 30.7 Å². The standard InChI is InChI=1S/C17H15FO2/c18-12-8-9-15(17(19)20)16(10-12)14-7-2-1-6-13(14)11-4-3-5-11/h1-2,6-11H,3-5H2,(H,19,20). The summed E-state index contributed by atoms with van der Waals surface area (Å²) in [5.74, 6) is -0.965. The predicted molar refractivity (Wildman–Crippen MR) is 75.4 cm³/mol. The van der Waals surface area contributed by atoms with Crippen LogP contribution in [0.4, 0.5) is 4.39 Å². The van der Waals surface area contributed by atoms with Crippen molar-refractivity contribution in [1.82, 2.24) is 0 Å². The molecule has 0 bridgehead atoms. The second-order valence-corrected chi connectivity index (χ2v) is 5.21. The normalized spacial score (nSPS) is 14.8. The molecule has 102 valence electrons. The zero-order chi connectivity index (χ0) is 14.1. The first-order valence-electron chi connectivity index (χ1n) is 6.79. The van der Waals surface area contributed by atoms with Crippen molar-refractivity contribution in [2.24, 2.45) is 0 Å². The zero-order valence-corrected chi connectivity index (χ0v) is 11.0. The molecule has 0 heterocycles. The Morgan fingerprint density at radius 1 is 1.10 bits per heavy atom. The predicted octanol–water partition coefficient (Wildman–Crippen LogP) is 4.46. The van der Waals surface area contributed by atoms with Crippen LogP contribution >= 0.6 is 0 Å². The average Bonchev–Trinajstić information content (AvgIpc) is 2.37. The third kappa shape index (κ3) is 2.20. The molecule has 1 N–H and O–H groups in total. The van der Waals surface area contributed by atoms with Gasteiger partial charge in [-0.25, -0.2) is 9.18 Å². The van der Waals surface area contributed by atoms with Crippen LogP contribution in [-0.4, -0.2) is 11.1 Å². The van der Waals surface area contributed by atoms with Crippen molar-refractivity contribution in [2.45, 2.75) is 25.2 Å². The molecule has 0 radical (unpaired) electrons. The van der Waals surface area contributed by atoms with Gasteiger partial charge in [0.25, 0.3) is 0 Å². The fourth-order valence-corrected chi connectivity index (χ4v) is 2.74. The van der Waals surface area contributed by atoms with Crippen molar-refractivity contribution >= 4 is 5.97 Å². The number of carbonyl (C=O) groups is 1. The van der Waals surface area contributed by atoms with Crippen molar-refractivity contribution in [3.63, 3.8) is 0 Å².